The van der Waals surface area contributed by atoms with Gasteiger partial charge in [0.2, 0.25) is 0 Å². The number of Topliss-reactive ketones (excluding diaryl/α,β-unsaturated/α-hetero) is 1. The molecule has 0 atom stereocenters. The molecule has 0 amide bonds. The van der Waals surface area contributed by atoms with Crippen LogP contribution in [-0.2, 0) is 4.79 Å². The number of alkyl halides is 7. The minimum absolute atomic E-state index is 0.515. The Labute approximate surface area is 72.9 Å². The van der Waals surface area contributed by atoms with E-state index in [1.54, 1.807) is 0 Å². The second kappa shape index (κ2) is 3.15. The van der Waals surface area contributed by atoms with Gasteiger partial charge in [0.25, 0.3) is 5.78 Å². The highest BCUT2D eigenvalue weighted by Gasteiger charge is 2.75. The van der Waals surface area contributed by atoms with Gasteiger partial charge in [-0.25, -0.2) is 0 Å². The van der Waals surface area contributed by atoms with Crippen molar-refractivity contribution < 1.29 is 35.5 Å². The molecule has 0 aliphatic heterocycles. The number of halogens is 7. The Bertz CT molecular complexity index is 282. The lowest BCUT2D eigenvalue weighted by Crippen LogP contribution is -2.55. The van der Waals surface area contributed by atoms with Gasteiger partial charge in [-0.2, -0.15) is 30.7 Å². The molecule has 0 unspecified atom stereocenters. The third-order valence-electron chi connectivity index (χ3n) is 1.17. The molecule has 80 valence electrons. The lowest BCUT2D eigenvalue weighted by atomic mass is 10.1. The van der Waals surface area contributed by atoms with E-state index in [4.69, 9.17) is 0 Å². The molecule has 14 heavy (non-hydrogen) atoms. The Morgan fingerprint density at radius 1 is 1.00 bits per heavy atom. The topological polar surface area (TPSA) is 17.1 Å². The van der Waals surface area contributed by atoms with Crippen LogP contribution < -0.4 is 0 Å². The molecule has 0 aromatic heterocycles. The maximum absolute atomic E-state index is 12.1. The molecule has 8 heteroatoms. The first-order valence-corrected chi connectivity index (χ1v) is 2.82. The van der Waals surface area contributed by atoms with Gasteiger partial charge in [-0.15, -0.1) is 6.42 Å². The van der Waals surface area contributed by atoms with Crippen molar-refractivity contribution >= 4 is 5.78 Å². The van der Waals surface area contributed by atoms with E-state index in [0.29, 0.717) is 5.92 Å². The third kappa shape index (κ3) is 1.66. The van der Waals surface area contributed by atoms with E-state index in [2.05, 4.69) is 6.42 Å². The van der Waals surface area contributed by atoms with Crippen LogP contribution in [0.3, 0.4) is 0 Å². The molecular weight excluding hydrogens is 221 g/mol. The summed E-state index contributed by atoms with van der Waals surface area (Å²) in [6.45, 7) is 0. The third-order valence-corrected chi connectivity index (χ3v) is 1.17. The molecule has 0 spiro atoms. The van der Waals surface area contributed by atoms with Crippen LogP contribution in [0.4, 0.5) is 30.7 Å². The number of rotatable bonds is 2. The maximum Gasteiger partial charge on any atom is 0.460 e. The second-order valence-electron chi connectivity index (χ2n) is 2.12. The number of carbonyl (C=O) groups excluding carboxylic acids is 1. The van der Waals surface area contributed by atoms with Gasteiger partial charge in [-0.3, -0.25) is 4.79 Å². The summed E-state index contributed by atoms with van der Waals surface area (Å²) >= 11 is 0. The summed E-state index contributed by atoms with van der Waals surface area (Å²) in [7, 11) is 0. The number of hydrogen-bond donors (Lipinski definition) is 0. The fraction of sp³-hybridized carbons (Fsp3) is 0.500. The van der Waals surface area contributed by atoms with E-state index in [-0.39, 0.29) is 0 Å². The largest absolute Gasteiger partial charge is 0.460 e. The smallest absolute Gasteiger partial charge is 0.278 e. The van der Waals surface area contributed by atoms with E-state index in [1.807, 2.05) is 0 Å². The fourth-order valence-corrected chi connectivity index (χ4v) is 0.411. The zero-order chi connectivity index (χ0) is 11.8. The summed E-state index contributed by atoms with van der Waals surface area (Å²) in [6.07, 6.45) is -2.52. The standard InChI is InChI=1S/C6HF7O/c1-2-3(14)4(7,8)5(9,10)6(11,12)13/h1H. The number of terminal acetylenes is 1. The molecule has 0 aromatic carbocycles. The average Bonchev–Trinajstić information content (AvgIpc) is 2.00. The van der Waals surface area contributed by atoms with Crippen molar-refractivity contribution in [1.29, 1.82) is 0 Å². The number of ketones is 1. The van der Waals surface area contributed by atoms with Crippen molar-refractivity contribution in [2.75, 3.05) is 0 Å². The monoisotopic (exact) mass is 222 g/mol. The van der Waals surface area contributed by atoms with Crippen LogP contribution in [0.2, 0.25) is 0 Å². The van der Waals surface area contributed by atoms with Crippen molar-refractivity contribution in [3.05, 3.63) is 0 Å². The maximum atomic E-state index is 12.1. The highest BCUT2D eigenvalue weighted by atomic mass is 19.4. The van der Waals surface area contributed by atoms with Gasteiger partial charge >= 0.3 is 18.0 Å². The number of carbonyl (C=O) groups is 1. The summed E-state index contributed by atoms with van der Waals surface area (Å²) in [5.74, 6) is -14.8. The van der Waals surface area contributed by atoms with Crippen LogP contribution >= 0.6 is 0 Å². The van der Waals surface area contributed by atoms with Crippen LogP contribution in [0.1, 0.15) is 0 Å². The lowest BCUT2D eigenvalue weighted by Gasteiger charge is -2.25. The molecule has 0 fully saturated rings. The molecule has 0 radical (unpaired) electrons. The van der Waals surface area contributed by atoms with Gasteiger partial charge in [0, 0.05) is 0 Å². The highest BCUT2D eigenvalue weighted by Crippen LogP contribution is 2.46. The van der Waals surface area contributed by atoms with Crippen molar-refractivity contribution in [3.8, 4) is 12.3 Å². The molecule has 0 heterocycles. The van der Waals surface area contributed by atoms with E-state index >= 15 is 0 Å². The molecule has 0 saturated carbocycles. The quantitative estimate of drug-likeness (QED) is 0.397. The zero-order valence-electron chi connectivity index (χ0n) is 6.13. The van der Waals surface area contributed by atoms with Gasteiger partial charge < -0.3 is 0 Å². The SMILES string of the molecule is C#CC(=O)C(F)(F)C(F)(F)C(F)(F)F. The van der Waals surface area contributed by atoms with Gasteiger partial charge in [0.1, 0.15) is 0 Å². The highest BCUT2D eigenvalue weighted by molar-refractivity contribution is 6.01. The minimum Gasteiger partial charge on any atom is -0.278 e. The van der Waals surface area contributed by atoms with Crippen molar-refractivity contribution in [2.24, 2.45) is 0 Å². The van der Waals surface area contributed by atoms with Gasteiger partial charge in [0.05, 0.1) is 0 Å². The van der Waals surface area contributed by atoms with Gasteiger partial charge in [-0.1, -0.05) is 0 Å². The van der Waals surface area contributed by atoms with Crippen molar-refractivity contribution in [3.63, 3.8) is 0 Å². The molecule has 0 aliphatic rings. The van der Waals surface area contributed by atoms with Gasteiger partial charge in [0.15, 0.2) is 0 Å². The van der Waals surface area contributed by atoms with E-state index in [1.165, 1.54) is 0 Å². The predicted octanol–water partition coefficient (Wildman–Crippen LogP) is 2.02. The molecule has 0 aromatic rings. The summed E-state index contributed by atoms with van der Waals surface area (Å²) in [5.41, 5.74) is 0. The second-order valence-corrected chi connectivity index (χ2v) is 2.12. The van der Waals surface area contributed by atoms with Crippen LogP contribution in [0.15, 0.2) is 0 Å². The first-order chi connectivity index (χ1) is 5.98. The molecule has 0 rings (SSSR count). The Hall–Kier alpha value is -1.26. The normalized spacial score (nSPS) is 13.6. The lowest BCUT2D eigenvalue weighted by molar-refractivity contribution is -0.342. The summed E-state index contributed by atoms with van der Waals surface area (Å²) in [4.78, 5) is 9.96. The van der Waals surface area contributed by atoms with Crippen molar-refractivity contribution in [2.45, 2.75) is 18.0 Å². The Morgan fingerprint density at radius 3 is 1.57 bits per heavy atom. The van der Waals surface area contributed by atoms with E-state index in [0.717, 1.165) is 0 Å². The number of hydrogen-bond acceptors (Lipinski definition) is 1. The van der Waals surface area contributed by atoms with E-state index < -0.39 is 23.8 Å². The van der Waals surface area contributed by atoms with Gasteiger partial charge in [-0.05, 0) is 5.92 Å². The molecule has 0 bridgehead atoms. The molecule has 0 aliphatic carbocycles. The minimum atomic E-state index is -6.54. The zero-order valence-corrected chi connectivity index (χ0v) is 6.13. The molecule has 0 saturated heterocycles. The molecule has 0 N–H and O–H groups in total. The summed E-state index contributed by atoms with van der Waals surface area (Å²) in [6, 6.07) is 0. The van der Waals surface area contributed by atoms with Crippen molar-refractivity contribution in [1.82, 2.24) is 0 Å². The average molecular weight is 222 g/mol. The summed E-state index contributed by atoms with van der Waals surface area (Å²) < 4.78 is 82.3. The van der Waals surface area contributed by atoms with E-state index in [9.17, 15) is 35.5 Å². The van der Waals surface area contributed by atoms with Crippen LogP contribution in [0.5, 0.6) is 0 Å². The van der Waals surface area contributed by atoms with Crippen LogP contribution in [0.25, 0.3) is 0 Å². The Kier molecular flexibility index (Phi) is 2.86. The predicted molar refractivity (Wildman–Crippen MR) is 29.8 cm³/mol. The first-order valence-electron chi connectivity index (χ1n) is 2.82. The molecule has 1 nitrogen and oxygen atoms in total. The van der Waals surface area contributed by atoms with Crippen LogP contribution in [0, 0.1) is 12.3 Å². The summed E-state index contributed by atoms with van der Waals surface area (Å²) in [5, 5.41) is 0. The Morgan fingerprint density at radius 2 is 1.36 bits per heavy atom. The Balaban J connectivity index is 5.31. The molecular formula is C6HF7O. The van der Waals surface area contributed by atoms with Crippen LogP contribution in [-0.4, -0.2) is 23.8 Å². The first kappa shape index (κ1) is 12.7. The fourth-order valence-electron chi connectivity index (χ4n) is 0.411.